The summed E-state index contributed by atoms with van der Waals surface area (Å²) in [6.07, 6.45) is 0. The van der Waals surface area contributed by atoms with Gasteiger partial charge in [0.25, 0.3) is 9.05 Å². The van der Waals surface area contributed by atoms with Crippen molar-refractivity contribution in [3.8, 4) is 0 Å². The van der Waals surface area contributed by atoms with Crippen LogP contribution in [0.5, 0.6) is 0 Å². The van der Waals surface area contributed by atoms with Crippen molar-refractivity contribution in [3.05, 3.63) is 26.6 Å². The first-order chi connectivity index (χ1) is 7.27. The fourth-order valence-electron chi connectivity index (χ4n) is 1.07. The molecular formula is C8H5Br2ClO4S. The lowest BCUT2D eigenvalue weighted by molar-refractivity contribution is 0.0596. The summed E-state index contributed by atoms with van der Waals surface area (Å²) in [6, 6.07) is 2.80. The van der Waals surface area contributed by atoms with E-state index in [0.29, 0.717) is 4.47 Å². The highest BCUT2D eigenvalue weighted by atomic mass is 79.9. The van der Waals surface area contributed by atoms with Crippen LogP contribution in [-0.2, 0) is 13.8 Å². The molecule has 1 rings (SSSR count). The normalized spacial score (nSPS) is 11.2. The average molecular weight is 392 g/mol. The molecule has 0 aliphatic heterocycles. The molecule has 0 atom stereocenters. The third-order valence-corrected chi connectivity index (χ3v) is 4.39. The molecule has 0 amide bonds. The van der Waals surface area contributed by atoms with Crippen molar-refractivity contribution in [2.75, 3.05) is 7.11 Å². The number of benzene rings is 1. The van der Waals surface area contributed by atoms with Gasteiger partial charge in [-0.25, -0.2) is 13.2 Å². The van der Waals surface area contributed by atoms with Crippen LogP contribution in [0.2, 0.25) is 0 Å². The minimum absolute atomic E-state index is 0.126. The number of hydrogen-bond acceptors (Lipinski definition) is 4. The van der Waals surface area contributed by atoms with E-state index < -0.39 is 15.0 Å². The molecule has 0 aromatic heterocycles. The van der Waals surface area contributed by atoms with Gasteiger partial charge in [0, 0.05) is 19.6 Å². The van der Waals surface area contributed by atoms with Gasteiger partial charge >= 0.3 is 5.97 Å². The van der Waals surface area contributed by atoms with Crippen molar-refractivity contribution in [1.82, 2.24) is 0 Å². The molecule has 0 aliphatic carbocycles. The summed E-state index contributed by atoms with van der Waals surface area (Å²) in [5, 5.41) is 0. The molecule has 1 aromatic carbocycles. The number of carbonyl (C=O) groups excluding carboxylic acids is 1. The number of hydrogen-bond donors (Lipinski definition) is 0. The number of rotatable bonds is 2. The van der Waals surface area contributed by atoms with E-state index in [1.807, 2.05) is 0 Å². The summed E-state index contributed by atoms with van der Waals surface area (Å²) in [4.78, 5) is 11.1. The van der Waals surface area contributed by atoms with Gasteiger partial charge in [-0.3, -0.25) is 0 Å². The van der Waals surface area contributed by atoms with Crippen LogP contribution in [0, 0.1) is 0 Å². The lowest BCUT2D eigenvalue weighted by atomic mass is 10.2. The zero-order valence-electron chi connectivity index (χ0n) is 7.83. The Labute approximate surface area is 114 Å². The van der Waals surface area contributed by atoms with Gasteiger partial charge in [0.1, 0.15) is 4.90 Å². The molecular weight excluding hydrogens is 387 g/mol. The molecule has 8 heteroatoms. The molecule has 88 valence electrons. The van der Waals surface area contributed by atoms with Crippen molar-refractivity contribution in [3.63, 3.8) is 0 Å². The van der Waals surface area contributed by atoms with Gasteiger partial charge < -0.3 is 4.74 Å². The Bertz CT molecular complexity index is 541. The van der Waals surface area contributed by atoms with Crippen LogP contribution in [0.1, 0.15) is 10.4 Å². The molecule has 0 fully saturated rings. The molecule has 0 aliphatic rings. The smallest absolute Gasteiger partial charge is 0.339 e. The Morgan fingerprint density at radius 2 is 1.94 bits per heavy atom. The van der Waals surface area contributed by atoms with E-state index in [1.54, 1.807) is 0 Å². The van der Waals surface area contributed by atoms with Crippen LogP contribution < -0.4 is 0 Å². The van der Waals surface area contributed by atoms with E-state index in [9.17, 15) is 13.2 Å². The second-order valence-electron chi connectivity index (χ2n) is 2.69. The Morgan fingerprint density at radius 3 is 2.38 bits per heavy atom. The lowest BCUT2D eigenvalue weighted by Gasteiger charge is -2.07. The molecule has 1 aromatic rings. The monoisotopic (exact) mass is 390 g/mol. The third kappa shape index (κ3) is 2.97. The highest BCUT2D eigenvalue weighted by Crippen LogP contribution is 2.32. The predicted octanol–water partition coefficient (Wildman–Crippen LogP) is 2.93. The van der Waals surface area contributed by atoms with Crippen molar-refractivity contribution >= 4 is 57.6 Å². The first-order valence-electron chi connectivity index (χ1n) is 3.79. The number of halogens is 3. The van der Waals surface area contributed by atoms with Crippen molar-refractivity contribution in [2.45, 2.75) is 4.90 Å². The van der Waals surface area contributed by atoms with E-state index in [4.69, 9.17) is 10.7 Å². The van der Waals surface area contributed by atoms with Gasteiger partial charge in [-0.2, -0.15) is 0 Å². The largest absolute Gasteiger partial charge is 0.465 e. The fourth-order valence-corrected chi connectivity index (χ4v) is 4.41. The minimum atomic E-state index is -4.03. The molecule has 4 nitrogen and oxygen atoms in total. The number of esters is 1. The summed E-state index contributed by atoms with van der Waals surface area (Å²) in [5.41, 5.74) is -0.126. The SMILES string of the molecule is COC(=O)c1cc(Br)cc(Br)c1S(=O)(=O)Cl. The molecule has 0 bridgehead atoms. The Morgan fingerprint density at radius 1 is 1.38 bits per heavy atom. The van der Waals surface area contributed by atoms with Gasteiger partial charge in [-0.05, 0) is 28.1 Å². The minimum Gasteiger partial charge on any atom is -0.465 e. The van der Waals surface area contributed by atoms with E-state index >= 15 is 0 Å². The maximum atomic E-state index is 11.4. The second-order valence-corrected chi connectivity index (χ2v) is 6.97. The molecule has 0 N–H and O–H groups in total. The molecule has 0 radical (unpaired) electrons. The standard InChI is InChI=1S/C8H5Br2ClO4S/c1-15-8(12)5-2-4(9)3-6(10)7(5)16(11,13)14/h2-3H,1H3. The van der Waals surface area contributed by atoms with Crippen molar-refractivity contribution < 1.29 is 17.9 Å². The van der Waals surface area contributed by atoms with Gasteiger partial charge in [-0.1, -0.05) is 15.9 Å². The van der Waals surface area contributed by atoms with Crippen molar-refractivity contribution in [2.24, 2.45) is 0 Å². The number of ether oxygens (including phenoxy) is 1. The highest BCUT2D eigenvalue weighted by molar-refractivity contribution is 9.11. The number of carbonyl (C=O) groups is 1. The average Bonchev–Trinajstić information content (AvgIpc) is 2.12. The molecule has 0 heterocycles. The van der Waals surface area contributed by atoms with Crippen LogP contribution in [0.3, 0.4) is 0 Å². The Balaban J connectivity index is 3.64. The summed E-state index contributed by atoms with van der Waals surface area (Å²) < 4.78 is 27.8. The summed E-state index contributed by atoms with van der Waals surface area (Å²) in [6.45, 7) is 0. The Hall–Kier alpha value is -0.110. The summed E-state index contributed by atoms with van der Waals surface area (Å²) in [7, 11) is 2.36. The van der Waals surface area contributed by atoms with Gasteiger partial charge in [0.2, 0.25) is 0 Å². The first-order valence-corrected chi connectivity index (χ1v) is 7.69. The van der Waals surface area contributed by atoms with Crippen LogP contribution in [0.25, 0.3) is 0 Å². The van der Waals surface area contributed by atoms with E-state index in [2.05, 4.69) is 36.6 Å². The highest BCUT2D eigenvalue weighted by Gasteiger charge is 2.25. The molecule has 0 saturated heterocycles. The van der Waals surface area contributed by atoms with Crippen LogP contribution in [0.4, 0.5) is 0 Å². The van der Waals surface area contributed by atoms with E-state index in [-0.39, 0.29) is 14.9 Å². The van der Waals surface area contributed by atoms with Crippen LogP contribution in [0.15, 0.2) is 26.0 Å². The zero-order valence-corrected chi connectivity index (χ0v) is 12.6. The third-order valence-electron chi connectivity index (χ3n) is 1.66. The van der Waals surface area contributed by atoms with Gasteiger partial charge in [0.15, 0.2) is 0 Å². The van der Waals surface area contributed by atoms with Crippen LogP contribution >= 0.6 is 42.5 Å². The maximum absolute atomic E-state index is 11.4. The predicted molar refractivity (Wildman–Crippen MR) is 66.2 cm³/mol. The van der Waals surface area contributed by atoms with E-state index in [0.717, 1.165) is 7.11 Å². The maximum Gasteiger partial charge on any atom is 0.339 e. The zero-order chi connectivity index (χ0) is 12.5. The topological polar surface area (TPSA) is 60.4 Å². The quantitative estimate of drug-likeness (QED) is 0.574. The van der Waals surface area contributed by atoms with Gasteiger partial charge in [0.05, 0.1) is 12.7 Å². The molecule has 0 saturated carbocycles. The molecule has 16 heavy (non-hydrogen) atoms. The summed E-state index contributed by atoms with van der Waals surface area (Å²) in [5.74, 6) is -0.777. The molecule has 0 spiro atoms. The van der Waals surface area contributed by atoms with Gasteiger partial charge in [-0.15, -0.1) is 0 Å². The lowest BCUT2D eigenvalue weighted by Crippen LogP contribution is -2.08. The fraction of sp³-hybridized carbons (Fsp3) is 0.125. The summed E-state index contributed by atoms with van der Waals surface area (Å²) >= 11 is 6.17. The number of methoxy groups -OCH3 is 1. The first kappa shape index (κ1) is 14.0. The van der Waals surface area contributed by atoms with Crippen molar-refractivity contribution in [1.29, 1.82) is 0 Å². The molecule has 0 unspecified atom stereocenters. The van der Waals surface area contributed by atoms with E-state index in [1.165, 1.54) is 12.1 Å². The Kier molecular flexibility index (Phi) is 4.39. The second kappa shape index (κ2) is 5.03. The van der Waals surface area contributed by atoms with Crippen LogP contribution in [-0.4, -0.2) is 21.5 Å².